The van der Waals surface area contributed by atoms with Crippen LogP contribution >= 0.6 is 0 Å². The van der Waals surface area contributed by atoms with Crippen molar-refractivity contribution in [2.75, 3.05) is 38.0 Å². The predicted octanol–water partition coefficient (Wildman–Crippen LogP) is 0.771. The summed E-state index contributed by atoms with van der Waals surface area (Å²) in [6.07, 6.45) is 1.70. The Morgan fingerprint density at radius 2 is 2.05 bits per heavy atom. The zero-order chi connectivity index (χ0) is 16.1. The molecule has 0 radical (unpaired) electrons. The number of ketones is 1. The van der Waals surface area contributed by atoms with Crippen molar-refractivity contribution < 1.29 is 14.0 Å². The molecule has 1 aromatic heterocycles. The molecule has 0 aliphatic carbocycles. The zero-order valence-corrected chi connectivity index (χ0v) is 13.5. The van der Waals surface area contributed by atoms with Gasteiger partial charge in [-0.05, 0) is 20.4 Å². The number of likely N-dealkylation sites (N-methyl/N-ethyl adjacent to an activating group) is 1. The summed E-state index contributed by atoms with van der Waals surface area (Å²) in [5.74, 6) is 0.0693. The predicted molar refractivity (Wildman–Crippen MR) is 82.7 cm³/mol. The molecule has 2 rings (SSSR count). The molecule has 122 valence electrons. The van der Waals surface area contributed by atoms with Crippen molar-refractivity contribution in [3.8, 4) is 0 Å². The highest BCUT2D eigenvalue weighted by Gasteiger charge is 2.21. The van der Waals surface area contributed by atoms with Crippen LogP contribution in [0.5, 0.6) is 0 Å². The summed E-state index contributed by atoms with van der Waals surface area (Å²) in [7, 11) is 0. The van der Waals surface area contributed by atoms with Crippen LogP contribution in [0.1, 0.15) is 26.5 Å². The number of rotatable bonds is 6. The van der Waals surface area contributed by atoms with Crippen molar-refractivity contribution in [1.82, 2.24) is 14.8 Å². The average molecular weight is 308 g/mol. The molecule has 7 heteroatoms. The van der Waals surface area contributed by atoms with E-state index in [2.05, 4.69) is 22.1 Å². The van der Waals surface area contributed by atoms with Crippen molar-refractivity contribution >= 4 is 17.7 Å². The Hall–Kier alpha value is -1.89. The van der Waals surface area contributed by atoms with E-state index in [1.54, 1.807) is 6.92 Å². The third kappa shape index (κ3) is 4.30. The molecule has 2 heterocycles. The first-order chi connectivity index (χ1) is 10.5. The lowest BCUT2D eigenvalue weighted by atomic mass is 10.2. The van der Waals surface area contributed by atoms with Gasteiger partial charge in [0.1, 0.15) is 6.26 Å². The number of anilines is 1. The Balaban J connectivity index is 1.85. The van der Waals surface area contributed by atoms with Gasteiger partial charge in [-0.2, -0.15) is 4.98 Å². The van der Waals surface area contributed by atoms with Gasteiger partial charge in [0.2, 0.25) is 5.91 Å². The number of amides is 1. The normalized spacial score (nSPS) is 17.3. The number of hydrogen-bond acceptors (Lipinski definition) is 6. The van der Waals surface area contributed by atoms with E-state index in [0.717, 1.165) is 32.7 Å². The maximum absolute atomic E-state index is 12.3. The number of Topliss-reactive ketones (excluding diaryl/α,β-unsaturated/α-hetero) is 1. The minimum absolute atomic E-state index is 0.00428. The van der Waals surface area contributed by atoms with Gasteiger partial charge in [-0.3, -0.25) is 9.59 Å². The van der Waals surface area contributed by atoms with Crippen molar-refractivity contribution in [1.29, 1.82) is 0 Å². The first kappa shape index (κ1) is 16.5. The van der Waals surface area contributed by atoms with E-state index in [1.165, 1.54) is 13.2 Å². The van der Waals surface area contributed by atoms with Gasteiger partial charge < -0.3 is 19.5 Å². The number of nitrogens with zero attached hydrogens (tertiary/aromatic N) is 3. The average Bonchev–Trinajstić information content (AvgIpc) is 2.94. The minimum Gasteiger partial charge on any atom is -0.432 e. The van der Waals surface area contributed by atoms with Crippen LogP contribution in [0.15, 0.2) is 10.7 Å². The van der Waals surface area contributed by atoms with Gasteiger partial charge >= 0.3 is 0 Å². The Morgan fingerprint density at radius 3 is 2.64 bits per heavy atom. The summed E-state index contributed by atoms with van der Waals surface area (Å²) in [6.45, 7) is 9.76. The monoisotopic (exact) mass is 308 g/mol. The van der Waals surface area contributed by atoms with Gasteiger partial charge in [0.15, 0.2) is 5.78 Å². The number of nitrogens with one attached hydrogen (secondary N) is 1. The Morgan fingerprint density at radius 1 is 1.36 bits per heavy atom. The van der Waals surface area contributed by atoms with Gasteiger partial charge in [0.25, 0.3) is 6.01 Å². The van der Waals surface area contributed by atoms with Crippen molar-refractivity contribution in [2.24, 2.45) is 0 Å². The Bertz CT molecular complexity index is 521. The minimum atomic E-state index is -0.357. The van der Waals surface area contributed by atoms with Gasteiger partial charge in [-0.1, -0.05) is 6.92 Å². The highest BCUT2D eigenvalue weighted by Crippen LogP contribution is 2.11. The Kier molecular flexibility index (Phi) is 5.54. The Labute approximate surface area is 130 Å². The molecule has 1 aromatic rings. The van der Waals surface area contributed by atoms with Crippen LogP contribution in [-0.2, 0) is 16.0 Å². The van der Waals surface area contributed by atoms with Crippen molar-refractivity contribution in [2.45, 2.75) is 33.2 Å². The molecule has 1 unspecified atom stereocenters. The molecule has 7 nitrogen and oxygen atoms in total. The quantitative estimate of drug-likeness (QED) is 0.836. The number of oxazole rings is 1. The number of carbonyl (C=O) groups is 2. The second-order valence-corrected chi connectivity index (χ2v) is 5.61. The SMILES string of the molecule is CCN1CCN(C(=O)Cc2coc(NC(C)C(C)=O)n2)CC1. The van der Waals surface area contributed by atoms with Crippen LogP contribution < -0.4 is 5.32 Å². The lowest BCUT2D eigenvalue weighted by Crippen LogP contribution is -2.48. The second-order valence-electron chi connectivity index (χ2n) is 5.61. The summed E-state index contributed by atoms with van der Waals surface area (Å²) < 4.78 is 5.25. The first-order valence-corrected chi connectivity index (χ1v) is 7.71. The maximum atomic E-state index is 12.3. The number of carbonyl (C=O) groups excluding carboxylic acids is 2. The van der Waals surface area contributed by atoms with E-state index in [1.807, 2.05) is 4.90 Å². The third-order valence-corrected chi connectivity index (χ3v) is 4.01. The molecule has 1 aliphatic heterocycles. The van der Waals surface area contributed by atoms with Crippen LogP contribution in [-0.4, -0.2) is 65.2 Å². The molecule has 22 heavy (non-hydrogen) atoms. The number of hydrogen-bond donors (Lipinski definition) is 1. The van der Waals surface area contributed by atoms with E-state index in [9.17, 15) is 9.59 Å². The van der Waals surface area contributed by atoms with Crippen LogP contribution in [0.4, 0.5) is 6.01 Å². The van der Waals surface area contributed by atoms with E-state index in [4.69, 9.17) is 4.42 Å². The number of aromatic nitrogens is 1. The lowest BCUT2D eigenvalue weighted by Gasteiger charge is -2.33. The first-order valence-electron chi connectivity index (χ1n) is 7.71. The number of piperazine rings is 1. The highest BCUT2D eigenvalue weighted by molar-refractivity contribution is 5.83. The van der Waals surface area contributed by atoms with E-state index >= 15 is 0 Å². The van der Waals surface area contributed by atoms with Gasteiger partial charge in [-0.25, -0.2) is 0 Å². The van der Waals surface area contributed by atoms with E-state index in [0.29, 0.717) is 5.69 Å². The molecule has 1 N–H and O–H groups in total. The van der Waals surface area contributed by atoms with Crippen LogP contribution in [0, 0.1) is 0 Å². The molecule has 1 saturated heterocycles. The van der Waals surface area contributed by atoms with E-state index in [-0.39, 0.29) is 30.2 Å². The summed E-state index contributed by atoms with van der Waals surface area (Å²) in [5, 5.41) is 2.87. The van der Waals surface area contributed by atoms with Crippen molar-refractivity contribution in [3.63, 3.8) is 0 Å². The molecule has 0 bridgehead atoms. The summed E-state index contributed by atoms with van der Waals surface area (Å²) >= 11 is 0. The molecular weight excluding hydrogens is 284 g/mol. The fourth-order valence-corrected chi connectivity index (χ4v) is 2.32. The molecule has 0 saturated carbocycles. The second kappa shape index (κ2) is 7.40. The molecule has 0 spiro atoms. The van der Waals surface area contributed by atoms with Crippen molar-refractivity contribution in [3.05, 3.63) is 12.0 Å². The zero-order valence-electron chi connectivity index (χ0n) is 13.5. The van der Waals surface area contributed by atoms with Gasteiger partial charge in [0.05, 0.1) is 18.2 Å². The molecule has 1 atom stereocenters. The summed E-state index contributed by atoms with van der Waals surface area (Å²) in [5.41, 5.74) is 0.584. The molecule has 0 aromatic carbocycles. The standard InChI is InChI=1S/C15H24N4O3/c1-4-18-5-7-19(8-6-18)14(21)9-13-10-22-15(17-13)16-11(2)12(3)20/h10-11H,4-9H2,1-3H3,(H,16,17). The molecule has 1 fully saturated rings. The molecule has 1 aliphatic rings. The maximum Gasteiger partial charge on any atom is 0.295 e. The summed E-state index contributed by atoms with van der Waals surface area (Å²) in [4.78, 5) is 31.8. The van der Waals surface area contributed by atoms with Gasteiger partial charge in [0, 0.05) is 26.2 Å². The summed E-state index contributed by atoms with van der Waals surface area (Å²) in [6, 6.07) is -0.0781. The van der Waals surface area contributed by atoms with Crippen LogP contribution in [0.3, 0.4) is 0 Å². The molecule has 1 amide bonds. The van der Waals surface area contributed by atoms with Gasteiger partial charge in [-0.15, -0.1) is 0 Å². The topological polar surface area (TPSA) is 78.7 Å². The fourth-order valence-electron chi connectivity index (χ4n) is 2.32. The fraction of sp³-hybridized carbons (Fsp3) is 0.667. The molecular formula is C15H24N4O3. The third-order valence-electron chi connectivity index (χ3n) is 4.01. The van der Waals surface area contributed by atoms with Crippen LogP contribution in [0.25, 0.3) is 0 Å². The highest BCUT2D eigenvalue weighted by atomic mass is 16.4. The van der Waals surface area contributed by atoms with Crippen LogP contribution in [0.2, 0.25) is 0 Å². The smallest absolute Gasteiger partial charge is 0.295 e. The lowest BCUT2D eigenvalue weighted by molar-refractivity contribution is -0.132. The largest absolute Gasteiger partial charge is 0.432 e. The van der Waals surface area contributed by atoms with E-state index < -0.39 is 0 Å².